The van der Waals surface area contributed by atoms with Gasteiger partial charge in [0.2, 0.25) is 5.91 Å². The molecule has 4 heterocycles. The van der Waals surface area contributed by atoms with Gasteiger partial charge in [0.25, 0.3) is 0 Å². The van der Waals surface area contributed by atoms with Gasteiger partial charge >= 0.3 is 12.2 Å². The van der Waals surface area contributed by atoms with Crippen molar-refractivity contribution < 1.29 is 37.0 Å². The zero-order valence-electron chi connectivity index (χ0n) is 23.0. The first-order chi connectivity index (χ1) is 19.1. The molecule has 2 N–H and O–H groups in total. The van der Waals surface area contributed by atoms with Gasteiger partial charge in [0.15, 0.2) is 0 Å². The maximum Gasteiger partial charge on any atom is 0.417 e. The minimum absolute atomic E-state index is 0.0454. The van der Waals surface area contributed by atoms with Crippen molar-refractivity contribution in [2.45, 2.75) is 56.6 Å². The third-order valence-electron chi connectivity index (χ3n) is 8.88. The van der Waals surface area contributed by atoms with Crippen molar-refractivity contribution in [2.75, 3.05) is 60.2 Å². The maximum atomic E-state index is 14.3. The van der Waals surface area contributed by atoms with Crippen LogP contribution in [0.4, 0.5) is 18.0 Å². The van der Waals surface area contributed by atoms with Crippen LogP contribution >= 0.6 is 0 Å². The van der Waals surface area contributed by atoms with Crippen molar-refractivity contribution in [2.24, 2.45) is 11.3 Å². The lowest BCUT2D eigenvalue weighted by Crippen LogP contribution is -2.52. The lowest BCUT2D eigenvalue weighted by Gasteiger charge is -2.37. The van der Waals surface area contributed by atoms with Gasteiger partial charge in [-0.1, -0.05) is 0 Å². The summed E-state index contributed by atoms with van der Waals surface area (Å²) in [5.41, 5.74) is -0.623. The number of carbonyl (C=O) groups excluding carboxylic acids is 2. The van der Waals surface area contributed by atoms with E-state index in [2.05, 4.69) is 15.6 Å². The number of aromatic nitrogens is 1. The summed E-state index contributed by atoms with van der Waals surface area (Å²) in [7, 11) is 3.22. The van der Waals surface area contributed by atoms with Crippen LogP contribution in [-0.4, -0.2) is 105 Å². The molecule has 3 amide bonds. The van der Waals surface area contributed by atoms with Crippen LogP contribution in [0.5, 0.6) is 0 Å². The molecule has 13 heteroatoms. The molecule has 1 aromatic rings. The number of hydrogen-bond donors (Lipinski definition) is 2. The zero-order valence-corrected chi connectivity index (χ0v) is 23.0. The first-order valence-corrected chi connectivity index (χ1v) is 13.9. The van der Waals surface area contributed by atoms with E-state index in [0.717, 1.165) is 18.7 Å². The summed E-state index contributed by atoms with van der Waals surface area (Å²) in [6.07, 6.45) is -1.29. The fraction of sp³-hybridized carbons (Fsp3) is 0.741. The van der Waals surface area contributed by atoms with E-state index in [1.165, 1.54) is 0 Å². The highest BCUT2D eigenvalue weighted by atomic mass is 19.4. The molecule has 222 valence electrons. The first-order valence-electron chi connectivity index (χ1n) is 13.9. The number of urea groups is 1. The van der Waals surface area contributed by atoms with E-state index in [1.54, 1.807) is 24.0 Å². The molecule has 5 rings (SSSR count). The molecule has 0 spiro atoms. The summed E-state index contributed by atoms with van der Waals surface area (Å²) < 4.78 is 56.3. The van der Waals surface area contributed by atoms with E-state index in [4.69, 9.17) is 14.2 Å². The summed E-state index contributed by atoms with van der Waals surface area (Å²) in [6.45, 7) is 3.03. The summed E-state index contributed by atoms with van der Waals surface area (Å²) in [4.78, 5) is 34.7. The van der Waals surface area contributed by atoms with Crippen LogP contribution in [0.3, 0.4) is 0 Å². The SMILES string of the molecule is COCCNC(=O)N1C[C@H]2C[C@H](NC3CCOCC3OC)C[C@@]2(C(=O)N2CCc3ncc(C(F)(F)F)cc3C2)C1. The number of methoxy groups -OCH3 is 2. The Morgan fingerprint density at radius 1 is 1.27 bits per heavy atom. The van der Waals surface area contributed by atoms with Gasteiger partial charge in [0.1, 0.15) is 0 Å². The molecule has 4 aliphatic rings. The van der Waals surface area contributed by atoms with Gasteiger partial charge in [-0.3, -0.25) is 9.78 Å². The fourth-order valence-corrected chi connectivity index (χ4v) is 6.86. The van der Waals surface area contributed by atoms with Crippen LogP contribution in [0.25, 0.3) is 0 Å². The second-order valence-electron chi connectivity index (χ2n) is 11.3. The quantitative estimate of drug-likeness (QED) is 0.483. The zero-order chi connectivity index (χ0) is 28.5. The highest BCUT2D eigenvalue weighted by Gasteiger charge is 2.59. The monoisotopic (exact) mass is 569 g/mol. The number of carbonyl (C=O) groups is 2. The lowest BCUT2D eigenvalue weighted by atomic mass is 9.78. The van der Waals surface area contributed by atoms with Crippen LogP contribution in [0.15, 0.2) is 12.3 Å². The topological polar surface area (TPSA) is 105 Å². The van der Waals surface area contributed by atoms with E-state index in [-0.39, 0.29) is 49.1 Å². The number of ether oxygens (including phenoxy) is 3. The van der Waals surface area contributed by atoms with Crippen molar-refractivity contribution in [1.82, 2.24) is 25.4 Å². The summed E-state index contributed by atoms with van der Waals surface area (Å²) in [6, 6.07) is 1.01. The van der Waals surface area contributed by atoms with Gasteiger partial charge in [-0.05, 0) is 36.8 Å². The van der Waals surface area contributed by atoms with Crippen molar-refractivity contribution in [3.63, 3.8) is 0 Å². The highest BCUT2D eigenvalue weighted by molar-refractivity contribution is 5.86. The molecule has 1 aliphatic carbocycles. The minimum atomic E-state index is -4.51. The van der Waals surface area contributed by atoms with Crippen molar-refractivity contribution in [3.8, 4) is 0 Å². The van der Waals surface area contributed by atoms with Crippen molar-refractivity contribution in [1.29, 1.82) is 0 Å². The molecular weight excluding hydrogens is 531 g/mol. The van der Waals surface area contributed by atoms with Gasteiger partial charge in [-0.25, -0.2) is 4.79 Å². The van der Waals surface area contributed by atoms with Crippen LogP contribution in [-0.2, 0) is 38.1 Å². The average molecular weight is 570 g/mol. The number of alkyl halides is 3. The largest absolute Gasteiger partial charge is 0.417 e. The predicted octanol–water partition coefficient (Wildman–Crippen LogP) is 1.82. The number of hydrogen-bond acceptors (Lipinski definition) is 7. The molecular formula is C27H38F3N5O5. The highest BCUT2D eigenvalue weighted by Crippen LogP contribution is 2.50. The summed E-state index contributed by atoms with van der Waals surface area (Å²) in [5, 5.41) is 6.56. The van der Waals surface area contributed by atoms with Gasteiger partial charge in [0, 0.05) is 83.9 Å². The molecule has 3 fully saturated rings. The van der Waals surface area contributed by atoms with Crippen LogP contribution < -0.4 is 10.6 Å². The standard InChI is InChI=1S/C27H38F3N5O5/c1-38-8-5-31-25(37)35-14-19-10-20(33-22-4-7-40-15-23(22)39-2)11-26(19,16-35)24(36)34-6-3-21-17(13-34)9-18(12-32-21)27(28,29)30/h9,12,19-20,22-23,33H,3-8,10-11,13-16H2,1-2H3,(H,31,37)/t19-,20+,22?,23?,26-/m1/s1. The number of nitrogens with one attached hydrogen (secondary N) is 2. The van der Waals surface area contributed by atoms with E-state index >= 15 is 0 Å². The average Bonchev–Trinajstić information content (AvgIpc) is 3.47. The van der Waals surface area contributed by atoms with Crippen molar-refractivity contribution >= 4 is 11.9 Å². The number of likely N-dealkylation sites (tertiary alicyclic amines) is 1. The normalized spacial score (nSPS) is 30.2. The maximum absolute atomic E-state index is 14.3. The van der Waals surface area contributed by atoms with Gasteiger partial charge in [-0.15, -0.1) is 0 Å². The van der Waals surface area contributed by atoms with Crippen LogP contribution in [0.1, 0.15) is 36.1 Å². The Bertz CT molecular complexity index is 1090. The molecule has 2 saturated heterocycles. The van der Waals surface area contributed by atoms with Crippen LogP contribution in [0.2, 0.25) is 0 Å². The Morgan fingerprint density at radius 2 is 2.10 bits per heavy atom. The first kappa shape index (κ1) is 29.0. The van der Waals surface area contributed by atoms with E-state index in [9.17, 15) is 22.8 Å². The smallest absolute Gasteiger partial charge is 0.383 e. The number of fused-ring (bicyclic) bond motifs is 2. The predicted molar refractivity (Wildman–Crippen MR) is 137 cm³/mol. The molecule has 2 unspecified atom stereocenters. The van der Waals surface area contributed by atoms with E-state index in [1.807, 2.05) is 0 Å². The molecule has 1 saturated carbocycles. The Morgan fingerprint density at radius 3 is 2.85 bits per heavy atom. The molecule has 1 aromatic heterocycles. The third kappa shape index (κ3) is 5.79. The number of nitrogens with zero attached hydrogens (tertiary/aromatic N) is 3. The summed E-state index contributed by atoms with van der Waals surface area (Å²) in [5.74, 6) is -0.181. The number of amides is 3. The minimum Gasteiger partial charge on any atom is -0.383 e. The van der Waals surface area contributed by atoms with Gasteiger partial charge in [-0.2, -0.15) is 13.2 Å². The lowest BCUT2D eigenvalue weighted by molar-refractivity contribution is -0.143. The molecule has 5 atom stereocenters. The van der Waals surface area contributed by atoms with Gasteiger partial charge < -0.3 is 34.6 Å². The van der Waals surface area contributed by atoms with E-state index < -0.39 is 17.2 Å². The van der Waals surface area contributed by atoms with Crippen molar-refractivity contribution in [3.05, 3.63) is 29.1 Å². The number of halogens is 3. The van der Waals surface area contributed by atoms with Crippen LogP contribution in [0, 0.1) is 11.3 Å². The Hall–Kier alpha value is -2.48. The Balaban J connectivity index is 1.35. The molecule has 3 aliphatic heterocycles. The van der Waals surface area contributed by atoms with Gasteiger partial charge in [0.05, 0.1) is 30.3 Å². The molecule has 40 heavy (non-hydrogen) atoms. The molecule has 0 aromatic carbocycles. The second-order valence-corrected chi connectivity index (χ2v) is 11.3. The number of pyridine rings is 1. The molecule has 0 radical (unpaired) electrons. The second kappa shape index (κ2) is 11.8. The number of rotatable bonds is 7. The summed E-state index contributed by atoms with van der Waals surface area (Å²) >= 11 is 0. The van der Waals surface area contributed by atoms with E-state index in [0.29, 0.717) is 70.0 Å². The Labute approximate surface area is 231 Å². The Kier molecular flexibility index (Phi) is 8.55. The third-order valence-corrected chi connectivity index (χ3v) is 8.88. The molecule has 10 nitrogen and oxygen atoms in total. The fourth-order valence-electron chi connectivity index (χ4n) is 6.86. The molecule has 0 bridgehead atoms.